The Morgan fingerprint density at radius 1 is 1.06 bits per heavy atom. The fraction of sp³-hybridized carbons (Fsp3) is 0.125. The number of carbonyl (C=O) groups is 2. The number of hydrogen-bond acceptors (Lipinski definition) is 7. The second kappa shape index (κ2) is 10.5. The highest BCUT2D eigenvalue weighted by molar-refractivity contribution is 6.09. The van der Waals surface area contributed by atoms with Crippen molar-refractivity contribution in [3.63, 3.8) is 0 Å². The van der Waals surface area contributed by atoms with Crippen molar-refractivity contribution in [3.05, 3.63) is 83.3 Å². The molecule has 1 amide bonds. The van der Waals surface area contributed by atoms with Crippen molar-refractivity contribution in [3.8, 4) is 17.6 Å². The van der Waals surface area contributed by atoms with E-state index in [0.29, 0.717) is 28.5 Å². The van der Waals surface area contributed by atoms with E-state index >= 15 is 0 Å². The molecule has 0 spiro atoms. The van der Waals surface area contributed by atoms with Crippen molar-refractivity contribution in [2.24, 2.45) is 0 Å². The van der Waals surface area contributed by atoms with Gasteiger partial charge in [-0.15, -0.1) is 0 Å². The first-order valence-corrected chi connectivity index (χ1v) is 9.50. The van der Waals surface area contributed by atoms with Gasteiger partial charge in [0.05, 0.1) is 14.2 Å². The molecule has 3 aromatic rings. The molecular weight excluding hydrogens is 412 g/mol. The smallest absolute Gasteiger partial charge is 0.373 e. The van der Waals surface area contributed by atoms with Crippen LogP contribution in [0.25, 0.3) is 6.08 Å². The van der Waals surface area contributed by atoms with Crippen LogP contribution >= 0.6 is 0 Å². The molecule has 0 radical (unpaired) electrons. The number of hydrogen-bond donors (Lipinski definition) is 1. The first kappa shape index (κ1) is 22.2. The van der Waals surface area contributed by atoms with Gasteiger partial charge >= 0.3 is 5.97 Å². The van der Waals surface area contributed by atoms with E-state index in [1.54, 1.807) is 48.5 Å². The molecule has 0 bridgehead atoms. The molecule has 0 fully saturated rings. The number of esters is 1. The summed E-state index contributed by atoms with van der Waals surface area (Å²) in [5.74, 6) is 0.246. The van der Waals surface area contributed by atoms with Crippen LogP contribution in [0, 0.1) is 11.3 Å². The van der Waals surface area contributed by atoms with Crippen molar-refractivity contribution in [1.82, 2.24) is 0 Å². The summed E-state index contributed by atoms with van der Waals surface area (Å²) in [7, 11) is 2.75. The molecule has 8 nitrogen and oxygen atoms in total. The average molecular weight is 432 g/mol. The van der Waals surface area contributed by atoms with Crippen molar-refractivity contribution in [1.29, 1.82) is 5.26 Å². The Morgan fingerprint density at radius 2 is 1.84 bits per heavy atom. The monoisotopic (exact) mass is 432 g/mol. The summed E-state index contributed by atoms with van der Waals surface area (Å²) < 4.78 is 21.1. The third-order valence-electron chi connectivity index (χ3n) is 4.31. The second-order valence-electron chi connectivity index (χ2n) is 6.45. The van der Waals surface area contributed by atoms with Gasteiger partial charge in [-0.25, -0.2) is 4.79 Å². The number of nitrogens with one attached hydrogen (secondary N) is 1. The maximum atomic E-state index is 12.4. The molecule has 32 heavy (non-hydrogen) atoms. The number of nitrogens with zero attached hydrogens (tertiary/aromatic N) is 1. The van der Waals surface area contributed by atoms with Crippen molar-refractivity contribution in [2.75, 3.05) is 19.5 Å². The predicted molar refractivity (Wildman–Crippen MR) is 116 cm³/mol. The molecule has 8 heteroatoms. The minimum atomic E-state index is -0.574. The number of carbonyl (C=O) groups excluding carboxylic acids is 2. The molecule has 0 aliphatic carbocycles. The zero-order chi connectivity index (χ0) is 22.9. The SMILES string of the molecule is COC(=O)c1ccc(COc2ccc(C=C(C#N)C(=O)Nc3ccccc3)cc2OC)o1. The summed E-state index contributed by atoms with van der Waals surface area (Å²) in [6.07, 6.45) is 1.46. The molecule has 0 aliphatic heterocycles. The number of anilines is 1. The van der Waals surface area contributed by atoms with E-state index in [1.165, 1.54) is 26.4 Å². The van der Waals surface area contributed by atoms with E-state index in [9.17, 15) is 14.9 Å². The zero-order valence-electron chi connectivity index (χ0n) is 17.5. The van der Waals surface area contributed by atoms with Crippen LogP contribution in [0.5, 0.6) is 11.5 Å². The van der Waals surface area contributed by atoms with Crippen molar-refractivity contribution >= 4 is 23.6 Å². The van der Waals surface area contributed by atoms with Crippen LogP contribution in [-0.4, -0.2) is 26.1 Å². The molecule has 3 rings (SSSR count). The lowest BCUT2D eigenvalue weighted by Crippen LogP contribution is -2.13. The third kappa shape index (κ3) is 5.55. The average Bonchev–Trinajstić information content (AvgIpc) is 3.30. The molecule has 162 valence electrons. The van der Waals surface area contributed by atoms with Gasteiger partial charge in [-0.05, 0) is 48.0 Å². The molecule has 0 saturated heterocycles. The van der Waals surface area contributed by atoms with Crippen LogP contribution in [0.3, 0.4) is 0 Å². The number of furan rings is 1. The Morgan fingerprint density at radius 3 is 2.53 bits per heavy atom. The number of methoxy groups -OCH3 is 2. The van der Waals surface area contributed by atoms with Crippen LogP contribution in [0.2, 0.25) is 0 Å². The van der Waals surface area contributed by atoms with E-state index in [0.717, 1.165) is 0 Å². The Kier molecular flexibility index (Phi) is 7.28. The molecule has 1 heterocycles. The standard InChI is InChI=1S/C24H20N2O6/c1-29-22-13-16(12-17(14-25)23(27)26-18-6-4-3-5-7-18)8-10-20(22)31-15-19-9-11-21(32-19)24(28)30-2/h3-13H,15H2,1-2H3,(H,26,27). The van der Waals surface area contributed by atoms with Gasteiger partial charge in [-0.2, -0.15) is 5.26 Å². The van der Waals surface area contributed by atoms with Gasteiger partial charge in [0.15, 0.2) is 11.5 Å². The zero-order valence-corrected chi connectivity index (χ0v) is 17.5. The molecule has 0 saturated carbocycles. The topological polar surface area (TPSA) is 111 Å². The van der Waals surface area contributed by atoms with Crippen LogP contribution in [-0.2, 0) is 16.1 Å². The maximum absolute atomic E-state index is 12.4. The van der Waals surface area contributed by atoms with Gasteiger partial charge in [-0.1, -0.05) is 24.3 Å². The second-order valence-corrected chi connectivity index (χ2v) is 6.45. The van der Waals surface area contributed by atoms with Gasteiger partial charge in [-0.3, -0.25) is 4.79 Å². The lowest BCUT2D eigenvalue weighted by Gasteiger charge is -2.11. The summed E-state index contributed by atoms with van der Waals surface area (Å²) in [5.41, 5.74) is 1.11. The Bertz CT molecular complexity index is 1170. The van der Waals surface area contributed by atoms with Gasteiger partial charge in [0, 0.05) is 5.69 Å². The van der Waals surface area contributed by atoms with E-state index < -0.39 is 11.9 Å². The minimum absolute atomic E-state index is 0.0597. The summed E-state index contributed by atoms with van der Waals surface area (Å²) in [6, 6.07) is 18.9. The van der Waals surface area contributed by atoms with E-state index in [-0.39, 0.29) is 17.9 Å². The quantitative estimate of drug-likeness (QED) is 0.323. The molecule has 2 aromatic carbocycles. The first-order valence-electron chi connectivity index (χ1n) is 9.50. The van der Waals surface area contributed by atoms with Crippen LogP contribution < -0.4 is 14.8 Å². The number of ether oxygens (including phenoxy) is 3. The van der Waals surface area contributed by atoms with E-state index in [4.69, 9.17) is 13.9 Å². The maximum Gasteiger partial charge on any atom is 0.373 e. The summed E-state index contributed by atoms with van der Waals surface area (Å²) in [5, 5.41) is 12.1. The van der Waals surface area contributed by atoms with Crippen LogP contribution in [0.15, 0.2) is 70.7 Å². The number of nitriles is 1. The number of amides is 1. The van der Waals surface area contributed by atoms with Crippen molar-refractivity contribution in [2.45, 2.75) is 6.61 Å². The molecule has 1 N–H and O–H groups in total. The van der Waals surface area contributed by atoms with E-state index in [1.807, 2.05) is 12.1 Å². The molecule has 1 aromatic heterocycles. The number of rotatable bonds is 8. The lowest BCUT2D eigenvalue weighted by atomic mass is 10.1. The third-order valence-corrected chi connectivity index (χ3v) is 4.31. The number of para-hydroxylation sites is 1. The van der Waals surface area contributed by atoms with Crippen molar-refractivity contribution < 1.29 is 28.2 Å². The molecule has 0 aliphatic rings. The van der Waals surface area contributed by atoms with Gasteiger partial charge in [0.25, 0.3) is 5.91 Å². The Labute approximate surface area is 184 Å². The fourth-order valence-corrected chi connectivity index (χ4v) is 2.74. The summed E-state index contributed by atoms with van der Waals surface area (Å²) in [4.78, 5) is 23.9. The Hall–Kier alpha value is -4.51. The lowest BCUT2D eigenvalue weighted by molar-refractivity contribution is -0.112. The predicted octanol–water partition coefficient (Wildman–Crippen LogP) is 4.20. The molecule has 0 unspecified atom stereocenters. The number of benzene rings is 2. The summed E-state index contributed by atoms with van der Waals surface area (Å²) >= 11 is 0. The van der Waals surface area contributed by atoms with Gasteiger partial charge in [0.2, 0.25) is 5.76 Å². The van der Waals surface area contributed by atoms with E-state index in [2.05, 4.69) is 10.1 Å². The highest BCUT2D eigenvalue weighted by Crippen LogP contribution is 2.30. The van der Waals surface area contributed by atoms with Gasteiger partial charge in [0.1, 0.15) is 24.0 Å². The largest absolute Gasteiger partial charge is 0.493 e. The molecular formula is C24H20N2O6. The van der Waals surface area contributed by atoms with Crippen LogP contribution in [0.1, 0.15) is 21.9 Å². The summed E-state index contributed by atoms with van der Waals surface area (Å²) in [6.45, 7) is 0.0610. The normalized spacial score (nSPS) is 10.7. The van der Waals surface area contributed by atoms with Crippen LogP contribution in [0.4, 0.5) is 5.69 Å². The minimum Gasteiger partial charge on any atom is -0.493 e. The van der Waals surface area contributed by atoms with Gasteiger partial charge < -0.3 is 23.9 Å². The highest BCUT2D eigenvalue weighted by Gasteiger charge is 2.14. The fourth-order valence-electron chi connectivity index (χ4n) is 2.74. The highest BCUT2D eigenvalue weighted by atomic mass is 16.5. The first-order chi connectivity index (χ1) is 15.5. The molecule has 0 atom stereocenters. The Balaban J connectivity index is 1.72.